The Balaban J connectivity index is 1.67. The molecular formula is C18H22N2. The fourth-order valence-electron chi connectivity index (χ4n) is 3.00. The first-order valence-electron chi connectivity index (χ1n) is 7.46. The van der Waals surface area contributed by atoms with Gasteiger partial charge in [0.05, 0.1) is 0 Å². The number of benzene rings is 2. The molecule has 2 heteroatoms. The number of rotatable bonds is 4. The van der Waals surface area contributed by atoms with Crippen LogP contribution < -0.4 is 10.6 Å². The Labute approximate surface area is 121 Å². The van der Waals surface area contributed by atoms with E-state index in [9.17, 15) is 0 Å². The second kappa shape index (κ2) is 6.69. The van der Waals surface area contributed by atoms with E-state index in [1.165, 1.54) is 17.5 Å². The summed E-state index contributed by atoms with van der Waals surface area (Å²) in [4.78, 5) is 0. The van der Waals surface area contributed by atoms with Crippen molar-refractivity contribution in [1.82, 2.24) is 10.6 Å². The molecule has 0 amide bonds. The van der Waals surface area contributed by atoms with E-state index < -0.39 is 0 Å². The Bertz CT molecular complexity index is 509. The van der Waals surface area contributed by atoms with Gasteiger partial charge < -0.3 is 10.6 Å². The molecule has 2 nitrogen and oxygen atoms in total. The highest BCUT2D eigenvalue weighted by molar-refractivity contribution is 5.23. The van der Waals surface area contributed by atoms with Crippen LogP contribution in [0, 0.1) is 0 Å². The molecule has 20 heavy (non-hydrogen) atoms. The van der Waals surface area contributed by atoms with E-state index in [1.807, 2.05) is 0 Å². The van der Waals surface area contributed by atoms with Crippen LogP contribution in [0.4, 0.5) is 0 Å². The first-order valence-corrected chi connectivity index (χ1v) is 7.46. The summed E-state index contributed by atoms with van der Waals surface area (Å²) in [5, 5.41) is 7.27. The van der Waals surface area contributed by atoms with Crippen LogP contribution in [-0.4, -0.2) is 19.1 Å². The fraction of sp³-hybridized carbons (Fsp3) is 0.333. The molecule has 1 fully saturated rings. The van der Waals surface area contributed by atoms with Gasteiger partial charge in [-0.3, -0.25) is 0 Å². The van der Waals surface area contributed by atoms with Crippen molar-refractivity contribution >= 4 is 0 Å². The molecule has 2 aromatic rings. The molecule has 0 bridgehead atoms. The third-order valence-electron chi connectivity index (χ3n) is 4.12. The van der Waals surface area contributed by atoms with Crippen LogP contribution in [-0.2, 0) is 6.54 Å². The molecule has 3 rings (SSSR count). The number of hydrogen-bond donors (Lipinski definition) is 2. The van der Waals surface area contributed by atoms with Gasteiger partial charge in [0.25, 0.3) is 0 Å². The summed E-state index contributed by atoms with van der Waals surface area (Å²) in [6, 6.07) is 22.1. The molecule has 2 unspecified atom stereocenters. The van der Waals surface area contributed by atoms with Gasteiger partial charge in [0.2, 0.25) is 0 Å². The van der Waals surface area contributed by atoms with Crippen molar-refractivity contribution in [2.24, 2.45) is 0 Å². The van der Waals surface area contributed by atoms with Crippen LogP contribution in [0.2, 0.25) is 0 Å². The van der Waals surface area contributed by atoms with E-state index >= 15 is 0 Å². The Hall–Kier alpha value is -1.64. The lowest BCUT2D eigenvalue weighted by Gasteiger charge is -2.33. The SMILES string of the molecule is c1ccc(CNC2CCNCC2c2ccccc2)cc1. The largest absolute Gasteiger partial charge is 0.316 e. The monoisotopic (exact) mass is 266 g/mol. The lowest BCUT2D eigenvalue weighted by Crippen LogP contribution is -2.45. The van der Waals surface area contributed by atoms with Crippen molar-refractivity contribution in [3.8, 4) is 0 Å². The predicted molar refractivity (Wildman–Crippen MR) is 83.7 cm³/mol. The van der Waals surface area contributed by atoms with Crippen molar-refractivity contribution in [1.29, 1.82) is 0 Å². The van der Waals surface area contributed by atoms with Crippen molar-refractivity contribution in [3.63, 3.8) is 0 Å². The van der Waals surface area contributed by atoms with Gasteiger partial charge in [-0.15, -0.1) is 0 Å². The van der Waals surface area contributed by atoms with Crippen molar-refractivity contribution in [3.05, 3.63) is 71.8 Å². The third-order valence-corrected chi connectivity index (χ3v) is 4.12. The van der Waals surface area contributed by atoms with Gasteiger partial charge in [-0.1, -0.05) is 60.7 Å². The van der Waals surface area contributed by atoms with Gasteiger partial charge in [-0.25, -0.2) is 0 Å². The lowest BCUT2D eigenvalue weighted by atomic mass is 9.87. The van der Waals surface area contributed by atoms with Gasteiger partial charge >= 0.3 is 0 Å². The summed E-state index contributed by atoms with van der Waals surface area (Å²) in [6.07, 6.45) is 1.19. The highest BCUT2D eigenvalue weighted by Crippen LogP contribution is 2.23. The maximum Gasteiger partial charge on any atom is 0.0208 e. The summed E-state index contributed by atoms with van der Waals surface area (Å²) in [6.45, 7) is 3.13. The molecular weight excluding hydrogens is 244 g/mol. The average Bonchev–Trinajstić information content (AvgIpc) is 2.55. The van der Waals surface area contributed by atoms with Crippen LogP contribution in [0.25, 0.3) is 0 Å². The highest BCUT2D eigenvalue weighted by Gasteiger charge is 2.25. The first kappa shape index (κ1) is 13.3. The Morgan fingerprint density at radius 2 is 1.65 bits per heavy atom. The van der Waals surface area contributed by atoms with Gasteiger partial charge in [-0.2, -0.15) is 0 Å². The maximum atomic E-state index is 3.75. The molecule has 0 radical (unpaired) electrons. The molecule has 0 aliphatic carbocycles. The van der Waals surface area contributed by atoms with Crippen LogP contribution >= 0.6 is 0 Å². The maximum absolute atomic E-state index is 3.75. The molecule has 1 saturated heterocycles. The van der Waals surface area contributed by atoms with Crippen LogP contribution in [0.1, 0.15) is 23.5 Å². The zero-order valence-corrected chi connectivity index (χ0v) is 11.8. The molecule has 2 aromatic carbocycles. The minimum atomic E-state index is 0.554. The van der Waals surface area contributed by atoms with Crippen LogP contribution in [0.5, 0.6) is 0 Å². The molecule has 1 heterocycles. The molecule has 1 aliphatic rings. The highest BCUT2D eigenvalue weighted by atomic mass is 15.0. The normalized spacial score (nSPS) is 22.6. The zero-order chi connectivity index (χ0) is 13.6. The Morgan fingerprint density at radius 3 is 2.40 bits per heavy atom. The summed E-state index contributed by atoms with van der Waals surface area (Å²) < 4.78 is 0. The quantitative estimate of drug-likeness (QED) is 0.889. The summed E-state index contributed by atoms with van der Waals surface area (Å²) >= 11 is 0. The van der Waals surface area contributed by atoms with E-state index in [4.69, 9.17) is 0 Å². The second-order valence-corrected chi connectivity index (χ2v) is 5.48. The van der Waals surface area contributed by atoms with Crippen LogP contribution in [0.3, 0.4) is 0 Å². The van der Waals surface area contributed by atoms with Gasteiger partial charge in [0.1, 0.15) is 0 Å². The summed E-state index contributed by atoms with van der Waals surface area (Å²) in [5.74, 6) is 0.564. The minimum Gasteiger partial charge on any atom is -0.316 e. The van der Waals surface area contributed by atoms with Crippen LogP contribution in [0.15, 0.2) is 60.7 Å². The van der Waals surface area contributed by atoms with Gasteiger partial charge in [0.15, 0.2) is 0 Å². The lowest BCUT2D eigenvalue weighted by molar-refractivity contribution is 0.341. The summed E-state index contributed by atoms with van der Waals surface area (Å²) in [5.41, 5.74) is 2.79. The number of piperidine rings is 1. The number of hydrogen-bond acceptors (Lipinski definition) is 2. The number of nitrogens with one attached hydrogen (secondary N) is 2. The van der Waals surface area contributed by atoms with Crippen molar-refractivity contribution in [2.75, 3.05) is 13.1 Å². The van der Waals surface area contributed by atoms with E-state index in [2.05, 4.69) is 71.3 Å². The molecule has 104 valence electrons. The van der Waals surface area contributed by atoms with Crippen molar-refractivity contribution < 1.29 is 0 Å². The molecule has 1 aliphatic heterocycles. The standard InChI is InChI=1S/C18H22N2/c1-3-7-15(8-4-1)13-20-18-11-12-19-14-17(18)16-9-5-2-6-10-16/h1-10,17-20H,11-14H2. The predicted octanol–water partition coefficient (Wildman–Crippen LogP) is 2.92. The van der Waals surface area contributed by atoms with E-state index in [-0.39, 0.29) is 0 Å². The zero-order valence-electron chi connectivity index (χ0n) is 11.8. The van der Waals surface area contributed by atoms with E-state index in [0.717, 1.165) is 19.6 Å². The fourth-order valence-corrected chi connectivity index (χ4v) is 3.00. The molecule has 2 N–H and O–H groups in total. The first-order chi connectivity index (χ1) is 9.93. The molecule has 0 aromatic heterocycles. The molecule has 0 spiro atoms. The average molecular weight is 266 g/mol. The smallest absolute Gasteiger partial charge is 0.0208 e. The van der Waals surface area contributed by atoms with Gasteiger partial charge in [-0.05, 0) is 24.1 Å². The Morgan fingerprint density at radius 1 is 0.950 bits per heavy atom. The Kier molecular flexibility index (Phi) is 4.46. The topological polar surface area (TPSA) is 24.1 Å². The van der Waals surface area contributed by atoms with Gasteiger partial charge in [0, 0.05) is 25.0 Å². The second-order valence-electron chi connectivity index (χ2n) is 5.48. The summed E-state index contributed by atoms with van der Waals surface area (Å²) in [7, 11) is 0. The third kappa shape index (κ3) is 3.27. The van der Waals surface area contributed by atoms with E-state index in [1.54, 1.807) is 0 Å². The molecule has 2 atom stereocenters. The minimum absolute atomic E-state index is 0.554. The van der Waals surface area contributed by atoms with Crippen molar-refractivity contribution in [2.45, 2.75) is 24.9 Å². The van der Waals surface area contributed by atoms with E-state index in [0.29, 0.717) is 12.0 Å². The molecule has 0 saturated carbocycles.